The van der Waals surface area contributed by atoms with Crippen molar-refractivity contribution in [2.45, 2.75) is 4.90 Å². The molecule has 46 valence electrons. The fourth-order valence-electron chi connectivity index (χ4n) is 0.881. The molecule has 0 aromatic heterocycles. The van der Waals surface area contributed by atoms with Crippen LogP contribution in [-0.4, -0.2) is 5.88 Å². The number of rotatable bonds is 0. The normalized spacial score (nSPS) is 13.2. The van der Waals surface area contributed by atoms with Crippen molar-refractivity contribution in [3.63, 3.8) is 0 Å². The molecule has 1 heterocycles. The van der Waals surface area contributed by atoms with E-state index >= 15 is 0 Å². The number of hydrogen-bond donors (Lipinski definition) is 0. The molecular weight excluding hydrogens is 137 g/mol. The van der Waals surface area contributed by atoms with E-state index in [-0.39, 0.29) is 18.9 Å². The Morgan fingerprint density at radius 1 is 1.30 bits per heavy atom. The summed E-state index contributed by atoms with van der Waals surface area (Å²) in [7, 11) is 0. The third-order valence-electron chi connectivity index (χ3n) is 1.32. The van der Waals surface area contributed by atoms with Crippen molar-refractivity contribution in [2.75, 3.05) is 5.88 Å². The number of para-hydroxylation sites is 1. The molecule has 0 spiro atoms. The van der Waals surface area contributed by atoms with Gasteiger partial charge in [-0.3, -0.25) is 0 Å². The van der Waals surface area contributed by atoms with E-state index < -0.39 is 0 Å². The quantitative estimate of drug-likeness (QED) is 0.457. The summed E-state index contributed by atoms with van der Waals surface area (Å²) in [6.45, 7) is 0. The third-order valence-corrected chi connectivity index (χ3v) is 2.23. The van der Waals surface area contributed by atoms with Crippen molar-refractivity contribution in [1.82, 2.24) is 0 Å². The fourth-order valence-corrected chi connectivity index (χ4v) is 1.68. The molecule has 1 aliphatic heterocycles. The molecule has 3 heteroatoms. The van der Waals surface area contributed by atoms with Gasteiger partial charge in [0, 0.05) is 0 Å². The summed E-state index contributed by atoms with van der Waals surface area (Å²) in [6, 6.07) is 8.23. The number of nitrogens with zero attached hydrogens (tertiary/aromatic N) is 1. The molecule has 0 aliphatic carbocycles. The number of fused-ring (bicyclic) bond motifs is 1. The molecule has 2 rings (SSSR count). The van der Waals surface area contributed by atoms with Gasteiger partial charge in [-0.1, -0.05) is 24.1 Å². The van der Waals surface area contributed by atoms with Crippen LogP contribution in [0.4, 0.5) is 5.69 Å². The van der Waals surface area contributed by atoms with Crippen LogP contribution in [0.1, 0.15) is 0 Å². The maximum atomic E-state index is 4.26. The second-order valence-corrected chi connectivity index (χ2v) is 2.89. The van der Waals surface area contributed by atoms with Crippen molar-refractivity contribution in [1.29, 1.82) is 0 Å². The second kappa shape index (κ2) is 3.39. The van der Waals surface area contributed by atoms with Gasteiger partial charge in [-0.05, 0) is 11.0 Å². The Labute approximate surface area is 76.8 Å². The predicted molar refractivity (Wildman–Crippen MR) is 40.2 cm³/mol. The first-order valence-corrected chi connectivity index (χ1v) is 3.85. The van der Waals surface area contributed by atoms with Crippen LogP contribution in [0.5, 0.6) is 0 Å². The molecule has 1 aromatic carbocycles. The van der Waals surface area contributed by atoms with E-state index in [0.29, 0.717) is 0 Å². The van der Waals surface area contributed by atoms with Crippen LogP contribution in [0.2, 0.25) is 0 Å². The Morgan fingerprint density at radius 3 is 2.90 bits per heavy atom. The minimum atomic E-state index is 0. The Hall–Kier alpha value is -0.0326. The molecule has 1 aliphatic rings. The first kappa shape index (κ1) is 8.07. The molecular formula is C7H6LiNS. The molecule has 0 amide bonds. The standard InChI is InChI=1S/C7H6NS.Li/c1-2-4-7-6(3-1)8-5-9-7;/h1-4H,5H2;/q-1;+1. The van der Waals surface area contributed by atoms with Crippen molar-refractivity contribution >= 4 is 17.4 Å². The maximum absolute atomic E-state index is 4.26. The van der Waals surface area contributed by atoms with Crippen LogP contribution in [0.15, 0.2) is 29.2 Å². The molecule has 0 unspecified atom stereocenters. The molecule has 0 saturated carbocycles. The van der Waals surface area contributed by atoms with Gasteiger partial charge in [0.1, 0.15) is 0 Å². The van der Waals surface area contributed by atoms with Gasteiger partial charge in [0.05, 0.1) is 0 Å². The van der Waals surface area contributed by atoms with E-state index in [9.17, 15) is 0 Å². The largest absolute Gasteiger partial charge is 1.00 e. The molecule has 0 fully saturated rings. The van der Waals surface area contributed by atoms with E-state index in [2.05, 4.69) is 17.4 Å². The Kier molecular flexibility index (Phi) is 2.73. The predicted octanol–water partition coefficient (Wildman–Crippen LogP) is -0.241. The van der Waals surface area contributed by atoms with Crippen molar-refractivity contribution in [2.24, 2.45) is 0 Å². The molecule has 0 saturated heterocycles. The third kappa shape index (κ3) is 1.34. The van der Waals surface area contributed by atoms with E-state index in [1.165, 1.54) is 4.90 Å². The molecule has 10 heavy (non-hydrogen) atoms. The summed E-state index contributed by atoms with van der Waals surface area (Å²) in [5.41, 5.74) is 1.16. The van der Waals surface area contributed by atoms with Gasteiger partial charge < -0.3 is 5.32 Å². The van der Waals surface area contributed by atoms with Gasteiger partial charge in [0.25, 0.3) is 0 Å². The summed E-state index contributed by atoms with van der Waals surface area (Å²) in [5.74, 6) is 0.902. The fraction of sp³-hybridized carbons (Fsp3) is 0.143. The summed E-state index contributed by atoms with van der Waals surface area (Å²) < 4.78 is 0. The first-order valence-electron chi connectivity index (χ1n) is 2.86. The topological polar surface area (TPSA) is 14.1 Å². The molecule has 0 atom stereocenters. The van der Waals surface area contributed by atoms with Crippen LogP contribution < -0.4 is 18.9 Å². The Balaban J connectivity index is 0.000000500. The monoisotopic (exact) mass is 143 g/mol. The molecule has 0 N–H and O–H groups in total. The van der Waals surface area contributed by atoms with Crippen LogP contribution in [0, 0.1) is 0 Å². The SMILES string of the molecule is [Li+].c1ccc2c(c1)[N-]CS2. The van der Waals surface area contributed by atoms with Gasteiger partial charge in [0.2, 0.25) is 0 Å². The molecule has 1 nitrogen and oxygen atoms in total. The minimum Gasteiger partial charge on any atom is -0.675 e. The van der Waals surface area contributed by atoms with Crippen molar-refractivity contribution in [3.05, 3.63) is 29.6 Å². The Morgan fingerprint density at radius 2 is 2.10 bits per heavy atom. The number of thioether (sulfide) groups is 1. The van der Waals surface area contributed by atoms with E-state index in [1.807, 2.05) is 12.1 Å². The first-order chi connectivity index (χ1) is 4.47. The van der Waals surface area contributed by atoms with Crippen LogP contribution in [-0.2, 0) is 0 Å². The minimum absolute atomic E-state index is 0. The number of benzene rings is 1. The van der Waals surface area contributed by atoms with Gasteiger partial charge in [0.15, 0.2) is 0 Å². The number of hydrogen-bond acceptors (Lipinski definition) is 1. The van der Waals surface area contributed by atoms with Crippen molar-refractivity contribution in [3.8, 4) is 0 Å². The average molecular weight is 143 g/mol. The van der Waals surface area contributed by atoms with Crippen molar-refractivity contribution < 1.29 is 18.9 Å². The second-order valence-electron chi connectivity index (χ2n) is 1.90. The van der Waals surface area contributed by atoms with Gasteiger partial charge in [-0.15, -0.1) is 17.4 Å². The van der Waals surface area contributed by atoms with E-state index in [1.54, 1.807) is 11.8 Å². The van der Waals surface area contributed by atoms with Gasteiger partial charge in [-0.2, -0.15) is 0 Å². The smallest absolute Gasteiger partial charge is 0.675 e. The summed E-state index contributed by atoms with van der Waals surface area (Å²) in [6.07, 6.45) is 0. The molecule has 0 bridgehead atoms. The summed E-state index contributed by atoms with van der Waals surface area (Å²) in [4.78, 5) is 1.32. The average Bonchev–Trinajstić information content (AvgIpc) is 2.33. The van der Waals surface area contributed by atoms with Gasteiger partial charge in [-0.25, -0.2) is 0 Å². The zero-order chi connectivity index (χ0) is 6.10. The zero-order valence-electron chi connectivity index (χ0n) is 5.87. The van der Waals surface area contributed by atoms with Crippen LogP contribution in [0.3, 0.4) is 0 Å². The summed E-state index contributed by atoms with van der Waals surface area (Å²) >= 11 is 1.80. The van der Waals surface area contributed by atoms with E-state index in [4.69, 9.17) is 0 Å². The Bertz CT molecular complexity index is 204. The van der Waals surface area contributed by atoms with E-state index in [0.717, 1.165) is 11.6 Å². The zero-order valence-corrected chi connectivity index (χ0v) is 6.69. The van der Waals surface area contributed by atoms with Crippen LogP contribution in [0.25, 0.3) is 5.32 Å². The maximum Gasteiger partial charge on any atom is 1.00 e. The molecule has 1 aromatic rings. The van der Waals surface area contributed by atoms with Crippen LogP contribution >= 0.6 is 11.8 Å². The molecule has 0 radical (unpaired) electrons. The van der Waals surface area contributed by atoms with Gasteiger partial charge >= 0.3 is 18.9 Å². The summed E-state index contributed by atoms with van der Waals surface area (Å²) in [5, 5.41) is 4.26.